The Bertz CT molecular complexity index is 676. The molecule has 0 aromatic heterocycles. The van der Waals surface area contributed by atoms with Gasteiger partial charge in [-0.1, -0.05) is 69.3 Å². The fourth-order valence-electron chi connectivity index (χ4n) is 2.32. The first-order valence-electron chi connectivity index (χ1n) is 7.38. The Hall–Kier alpha value is -2.35. The minimum absolute atomic E-state index is 0.0342. The molecule has 0 fully saturated rings. The summed E-state index contributed by atoms with van der Waals surface area (Å²) in [6.45, 7) is 6.50. The van der Waals surface area contributed by atoms with Gasteiger partial charge in [0.25, 0.3) is 0 Å². The van der Waals surface area contributed by atoms with Crippen LogP contribution in [0.5, 0.6) is 0 Å². The van der Waals surface area contributed by atoms with Crippen molar-refractivity contribution in [2.45, 2.75) is 20.8 Å². The molecule has 0 bridgehead atoms. The van der Waals surface area contributed by atoms with E-state index in [4.69, 9.17) is 4.74 Å². The molecule has 0 amide bonds. The van der Waals surface area contributed by atoms with Gasteiger partial charge in [0.05, 0.1) is 12.7 Å². The van der Waals surface area contributed by atoms with Gasteiger partial charge >= 0.3 is 5.97 Å². The van der Waals surface area contributed by atoms with Crippen molar-refractivity contribution < 1.29 is 9.53 Å². The molecular weight excluding hydrogens is 272 g/mol. The maximum Gasteiger partial charge on any atom is 0.337 e. The van der Waals surface area contributed by atoms with Crippen molar-refractivity contribution in [3.8, 4) is 0 Å². The molecule has 0 spiro atoms. The van der Waals surface area contributed by atoms with E-state index in [0.717, 1.165) is 16.7 Å². The Labute approximate surface area is 132 Å². The highest BCUT2D eigenvalue weighted by Crippen LogP contribution is 2.29. The molecule has 0 unspecified atom stereocenters. The van der Waals surface area contributed by atoms with Gasteiger partial charge in [-0.05, 0) is 34.2 Å². The summed E-state index contributed by atoms with van der Waals surface area (Å²) < 4.78 is 4.82. The summed E-state index contributed by atoms with van der Waals surface area (Å²) in [6.07, 6.45) is 2.23. The van der Waals surface area contributed by atoms with Gasteiger partial charge in [-0.15, -0.1) is 0 Å². The van der Waals surface area contributed by atoms with Gasteiger partial charge in [0.15, 0.2) is 0 Å². The largest absolute Gasteiger partial charge is 0.465 e. The molecule has 22 heavy (non-hydrogen) atoms. The summed E-state index contributed by atoms with van der Waals surface area (Å²) in [5.41, 5.74) is 3.88. The van der Waals surface area contributed by atoms with Gasteiger partial charge in [-0.25, -0.2) is 4.79 Å². The molecule has 2 heteroatoms. The fourth-order valence-corrected chi connectivity index (χ4v) is 2.32. The average molecular weight is 294 g/mol. The van der Waals surface area contributed by atoms with E-state index in [1.807, 2.05) is 36.4 Å². The second kappa shape index (κ2) is 6.61. The van der Waals surface area contributed by atoms with Crippen LogP contribution in [0.4, 0.5) is 0 Å². The molecule has 0 saturated heterocycles. The number of hydrogen-bond acceptors (Lipinski definition) is 2. The van der Waals surface area contributed by atoms with Crippen LogP contribution in [-0.4, -0.2) is 13.1 Å². The summed E-state index contributed by atoms with van der Waals surface area (Å²) in [7, 11) is 1.40. The zero-order chi connectivity index (χ0) is 16.2. The van der Waals surface area contributed by atoms with Gasteiger partial charge in [0, 0.05) is 0 Å². The molecule has 0 heterocycles. The molecule has 0 radical (unpaired) electrons. The van der Waals surface area contributed by atoms with E-state index in [1.165, 1.54) is 7.11 Å². The quantitative estimate of drug-likeness (QED) is 0.749. The van der Waals surface area contributed by atoms with Crippen molar-refractivity contribution in [2.75, 3.05) is 7.11 Å². The topological polar surface area (TPSA) is 26.3 Å². The maximum atomic E-state index is 11.8. The number of esters is 1. The predicted molar refractivity (Wildman–Crippen MR) is 90.8 cm³/mol. The highest BCUT2D eigenvalue weighted by Gasteiger charge is 2.14. The lowest BCUT2D eigenvalue weighted by atomic mass is 9.87. The summed E-state index contributed by atoms with van der Waals surface area (Å²) in [5, 5.41) is 0. The number of rotatable bonds is 3. The maximum absolute atomic E-state index is 11.8. The van der Waals surface area contributed by atoms with E-state index < -0.39 is 0 Å². The van der Waals surface area contributed by atoms with Crippen molar-refractivity contribution >= 4 is 11.5 Å². The third-order valence-corrected chi connectivity index (χ3v) is 3.26. The minimum Gasteiger partial charge on any atom is -0.465 e. The monoisotopic (exact) mass is 294 g/mol. The third-order valence-electron chi connectivity index (χ3n) is 3.26. The minimum atomic E-state index is -0.315. The van der Waals surface area contributed by atoms with E-state index in [0.29, 0.717) is 5.56 Å². The summed E-state index contributed by atoms with van der Waals surface area (Å²) >= 11 is 0. The first kappa shape index (κ1) is 16.0. The Kier molecular flexibility index (Phi) is 4.81. The molecule has 0 aliphatic heterocycles. The summed E-state index contributed by atoms with van der Waals surface area (Å²) in [6, 6.07) is 17.8. The first-order chi connectivity index (χ1) is 10.4. The third kappa shape index (κ3) is 4.08. The van der Waals surface area contributed by atoms with E-state index in [-0.39, 0.29) is 11.4 Å². The van der Waals surface area contributed by atoms with Crippen LogP contribution in [0.2, 0.25) is 0 Å². The van der Waals surface area contributed by atoms with E-state index >= 15 is 0 Å². The van der Waals surface area contributed by atoms with Crippen LogP contribution in [0.1, 0.15) is 42.3 Å². The van der Waals surface area contributed by atoms with E-state index in [1.54, 1.807) is 6.07 Å². The van der Waals surface area contributed by atoms with Gasteiger partial charge in [0.1, 0.15) is 0 Å². The number of ether oxygens (including phenoxy) is 1. The lowest BCUT2D eigenvalue weighted by molar-refractivity contribution is 0.0600. The standard InChI is InChI=1S/C20H22O2/c1-20(2,3)14-18(15-9-6-5-7-10-15)16-11-8-12-17(13-16)19(21)22-4/h5-14H,1-4H3/b18-14-. The average Bonchev–Trinajstić information content (AvgIpc) is 2.52. The number of allylic oxidation sites excluding steroid dienone is 1. The second-order valence-electron chi connectivity index (χ2n) is 6.36. The number of benzene rings is 2. The Balaban J connectivity index is 2.56. The highest BCUT2D eigenvalue weighted by atomic mass is 16.5. The molecule has 114 valence electrons. The molecule has 0 atom stereocenters. The van der Waals surface area contributed by atoms with Gasteiger partial charge < -0.3 is 4.74 Å². The molecule has 0 N–H and O–H groups in total. The van der Waals surface area contributed by atoms with Crippen molar-refractivity contribution in [3.63, 3.8) is 0 Å². The van der Waals surface area contributed by atoms with Crippen molar-refractivity contribution in [1.82, 2.24) is 0 Å². The molecule has 0 aliphatic rings. The molecule has 2 aromatic rings. The molecule has 0 saturated carbocycles. The van der Waals surface area contributed by atoms with Crippen LogP contribution in [-0.2, 0) is 4.74 Å². The number of hydrogen-bond donors (Lipinski definition) is 0. The number of carbonyl (C=O) groups excluding carboxylic acids is 1. The van der Waals surface area contributed by atoms with Crippen LogP contribution >= 0.6 is 0 Å². The fraction of sp³-hybridized carbons (Fsp3) is 0.250. The highest BCUT2D eigenvalue weighted by molar-refractivity contribution is 5.91. The smallest absolute Gasteiger partial charge is 0.337 e. The zero-order valence-corrected chi connectivity index (χ0v) is 13.6. The van der Waals surface area contributed by atoms with Crippen molar-refractivity contribution in [3.05, 3.63) is 77.4 Å². The molecule has 2 rings (SSSR count). The van der Waals surface area contributed by atoms with Crippen LogP contribution < -0.4 is 0 Å². The normalized spacial score (nSPS) is 12.1. The Morgan fingerprint density at radius 1 is 0.909 bits per heavy atom. The number of methoxy groups -OCH3 is 1. The molecular formula is C20H22O2. The van der Waals surface area contributed by atoms with Crippen molar-refractivity contribution in [1.29, 1.82) is 0 Å². The van der Waals surface area contributed by atoms with Gasteiger partial charge in [-0.2, -0.15) is 0 Å². The van der Waals surface area contributed by atoms with Gasteiger partial charge in [-0.3, -0.25) is 0 Å². The van der Waals surface area contributed by atoms with Crippen molar-refractivity contribution in [2.24, 2.45) is 5.41 Å². The first-order valence-corrected chi connectivity index (χ1v) is 7.38. The summed E-state index contributed by atoms with van der Waals surface area (Å²) in [4.78, 5) is 11.8. The Morgan fingerprint density at radius 2 is 1.50 bits per heavy atom. The lowest BCUT2D eigenvalue weighted by Gasteiger charge is -2.18. The van der Waals surface area contributed by atoms with E-state index in [2.05, 4.69) is 39.0 Å². The van der Waals surface area contributed by atoms with Crippen LogP contribution in [0.15, 0.2) is 60.7 Å². The van der Waals surface area contributed by atoms with Crippen LogP contribution in [0, 0.1) is 5.41 Å². The van der Waals surface area contributed by atoms with E-state index in [9.17, 15) is 4.79 Å². The molecule has 2 nitrogen and oxygen atoms in total. The predicted octanol–water partition coefficient (Wildman–Crippen LogP) is 4.95. The van der Waals surface area contributed by atoms with Crippen LogP contribution in [0.25, 0.3) is 5.57 Å². The Morgan fingerprint density at radius 3 is 2.09 bits per heavy atom. The summed E-state index contributed by atoms with van der Waals surface area (Å²) in [5.74, 6) is -0.315. The van der Waals surface area contributed by atoms with Crippen LogP contribution in [0.3, 0.4) is 0 Å². The second-order valence-corrected chi connectivity index (χ2v) is 6.36. The zero-order valence-electron chi connectivity index (χ0n) is 13.6. The van der Waals surface area contributed by atoms with Gasteiger partial charge in [0.2, 0.25) is 0 Å². The molecule has 0 aliphatic carbocycles. The molecule has 2 aromatic carbocycles. The SMILES string of the molecule is COC(=O)c1cccc(/C(=C\C(C)(C)C)c2ccccc2)c1. The number of carbonyl (C=O) groups is 1. The lowest BCUT2D eigenvalue weighted by Crippen LogP contribution is -2.04.